The fraction of sp³-hybridized carbons (Fsp3) is 0.419. The molecule has 190 valence electrons. The van der Waals surface area contributed by atoms with Crippen molar-refractivity contribution in [2.75, 3.05) is 0 Å². The Morgan fingerprint density at radius 2 is 1.50 bits per heavy atom. The van der Waals surface area contributed by atoms with Crippen molar-refractivity contribution >= 4 is 18.0 Å². The summed E-state index contributed by atoms with van der Waals surface area (Å²) < 4.78 is 0. The maximum Gasteiger partial charge on any atom is 0.0852 e. The number of nitrogens with one attached hydrogen (secondary N) is 1. The van der Waals surface area contributed by atoms with E-state index in [1.54, 1.807) is 12.3 Å². The lowest BCUT2D eigenvalue weighted by Crippen LogP contribution is -2.19. The standard InChI is InChI=1S/C22H29N3.C5H10.2C2H6/c1-8-16(4)20-11-12-21(19(9-2)13-20)15-24-18(6)22(10-3)25-17(5)14-23-7;1-4-5(2)3;2*1-2/h10-14,24H,3-4,6-9,15H2,1-2,5H3;2,4H2,1,3H3;2*1-2H3/b17-14+,25-22?;;;. The van der Waals surface area contributed by atoms with E-state index in [0.29, 0.717) is 12.3 Å². The predicted molar refractivity (Wildman–Crippen MR) is 160 cm³/mol. The summed E-state index contributed by atoms with van der Waals surface area (Å²) in [6.07, 6.45) is 6.34. The van der Waals surface area contributed by atoms with Crippen molar-refractivity contribution in [3.8, 4) is 0 Å². The molecule has 3 heteroatoms. The summed E-state index contributed by atoms with van der Waals surface area (Å²) in [6, 6.07) is 6.53. The van der Waals surface area contributed by atoms with Gasteiger partial charge in [0.15, 0.2) is 0 Å². The first-order valence-electron chi connectivity index (χ1n) is 12.4. The Kier molecular flexibility index (Phi) is 24.4. The molecule has 0 spiro atoms. The molecule has 0 heterocycles. The third-order valence-corrected chi connectivity index (χ3v) is 4.60. The summed E-state index contributed by atoms with van der Waals surface area (Å²) in [5.41, 5.74) is 8.39. The van der Waals surface area contributed by atoms with Crippen molar-refractivity contribution in [2.45, 2.75) is 88.1 Å². The molecule has 0 aromatic heterocycles. The molecule has 0 aliphatic rings. The molecule has 3 nitrogen and oxygen atoms in total. The molecule has 0 aliphatic heterocycles. The van der Waals surface area contributed by atoms with Gasteiger partial charge in [-0.2, -0.15) is 0 Å². The van der Waals surface area contributed by atoms with Crippen molar-refractivity contribution in [1.82, 2.24) is 5.32 Å². The maximum absolute atomic E-state index is 4.44. The summed E-state index contributed by atoms with van der Waals surface area (Å²) in [5.74, 6) is 0. The van der Waals surface area contributed by atoms with Crippen LogP contribution in [0.3, 0.4) is 0 Å². The molecular weight excluding hydrogens is 414 g/mol. The largest absolute Gasteiger partial charge is 0.380 e. The van der Waals surface area contributed by atoms with Gasteiger partial charge >= 0.3 is 0 Å². The molecule has 0 saturated heterocycles. The molecule has 0 amide bonds. The van der Waals surface area contributed by atoms with Crippen molar-refractivity contribution in [1.29, 1.82) is 0 Å². The first-order valence-corrected chi connectivity index (χ1v) is 12.4. The van der Waals surface area contributed by atoms with E-state index in [2.05, 4.69) is 87.3 Å². The molecule has 1 rings (SSSR count). The number of hydrogen-bond acceptors (Lipinski definition) is 3. The smallest absolute Gasteiger partial charge is 0.0852 e. The van der Waals surface area contributed by atoms with E-state index in [4.69, 9.17) is 0 Å². The third kappa shape index (κ3) is 15.8. The second-order valence-corrected chi connectivity index (χ2v) is 7.09. The van der Waals surface area contributed by atoms with Gasteiger partial charge in [-0.25, -0.2) is 0 Å². The quantitative estimate of drug-likeness (QED) is 0.256. The molecule has 0 aliphatic carbocycles. The highest BCUT2D eigenvalue weighted by Crippen LogP contribution is 2.20. The minimum atomic E-state index is 0.691. The molecule has 1 aromatic rings. The Morgan fingerprint density at radius 1 is 0.941 bits per heavy atom. The van der Waals surface area contributed by atoms with Crippen LogP contribution >= 0.6 is 0 Å². The molecule has 0 radical (unpaired) electrons. The summed E-state index contributed by atoms with van der Waals surface area (Å²) in [5, 5.41) is 3.34. The van der Waals surface area contributed by atoms with Gasteiger partial charge in [0, 0.05) is 12.7 Å². The van der Waals surface area contributed by atoms with Crippen LogP contribution in [0.15, 0.2) is 83.7 Å². The number of benzene rings is 1. The SMILES string of the molecule is C=C(C)CC.C=CC(=N/C(C)=C/N=C)C(=C)NCc1ccc(C(=C)CC)cc1CC.CC.CC. The first kappa shape index (κ1) is 35.6. The maximum atomic E-state index is 4.44. The van der Waals surface area contributed by atoms with E-state index in [9.17, 15) is 0 Å². The highest BCUT2D eigenvalue weighted by molar-refractivity contribution is 6.07. The van der Waals surface area contributed by atoms with E-state index in [0.717, 1.165) is 36.2 Å². The monoisotopic (exact) mass is 465 g/mol. The molecule has 0 fully saturated rings. The fourth-order valence-electron chi connectivity index (χ4n) is 2.43. The zero-order valence-corrected chi connectivity index (χ0v) is 23.6. The highest BCUT2D eigenvalue weighted by atomic mass is 14.9. The van der Waals surface area contributed by atoms with Gasteiger partial charge in [-0.1, -0.05) is 92.0 Å². The molecular formula is C31H51N3. The molecule has 1 aromatic carbocycles. The van der Waals surface area contributed by atoms with Gasteiger partial charge < -0.3 is 5.32 Å². The minimum absolute atomic E-state index is 0.691. The Morgan fingerprint density at radius 3 is 1.91 bits per heavy atom. The molecule has 34 heavy (non-hydrogen) atoms. The molecule has 1 N–H and O–H groups in total. The Hall–Kier alpha value is -2.94. The number of rotatable bonds is 11. The van der Waals surface area contributed by atoms with Crippen LogP contribution in [0.25, 0.3) is 5.57 Å². The van der Waals surface area contributed by atoms with Crippen LogP contribution in [0.2, 0.25) is 0 Å². The van der Waals surface area contributed by atoms with Gasteiger partial charge in [0.2, 0.25) is 0 Å². The number of hydrogen-bond donors (Lipinski definition) is 1. The zero-order valence-electron chi connectivity index (χ0n) is 23.6. The lowest BCUT2D eigenvalue weighted by Gasteiger charge is -2.14. The zero-order chi connectivity index (χ0) is 27.1. The summed E-state index contributed by atoms with van der Waals surface area (Å²) in [4.78, 5) is 8.16. The van der Waals surface area contributed by atoms with Gasteiger partial charge in [-0.05, 0) is 68.2 Å². The third-order valence-electron chi connectivity index (χ3n) is 4.60. The number of aliphatic imine (C=N–C) groups is 2. The second-order valence-electron chi connectivity index (χ2n) is 7.09. The average molecular weight is 466 g/mol. The van der Waals surface area contributed by atoms with Crippen LogP contribution in [0.4, 0.5) is 0 Å². The molecule has 0 atom stereocenters. The van der Waals surface area contributed by atoms with Crippen molar-refractivity contribution in [2.24, 2.45) is 9.98 Å². The van der Waals surface area contributed by atoms with Crippen LogP contribution in [-0.2, 0) is 13.0 Å². The Bertz CT molecular complexity index is 823. The summed E-state index contributed by atoms with van der Waals surface area (Å²) >= 11 is 0. The number of allylic oxidation sites excluding steroid dienone is 4. The van der Waals surface area contributed by atoms with E-state index in [1.807, 2.05) is 41.5 Å². The van der Waals surface area contributed by atoms with Gasteiger partial charge in [0.05, 0.1) is 17.1 Å². The number of aryl methyl sites for hydroxylation is 1. The van der Waals surface area contributed by atoms with Crippen LogP contribution in [-0.4, -0.2) is 12.4 Å². The highest BCUT2D eigenvalue weighted by Gasteiger charge is 2.06. The van der Waals surface area contributed by atoms with E-state index < -0.39 is 0 Å². The minimum Gasteiger partial charge on any atom is -0.380 e. The van der Waals surface area contributed by atoms with Crippen molar-refractivity contribution < 1.29 is 0 Å². The normalized spacial score (nSPS) is 10.1. The Balaban J connectivity index is -0.000000923. The first-order chi connectivity index (χ1) is 16.2. The average Bonchev–Trinajstić information content (AvgIpc) is 2.87. The fourth-order valence-corrected chi connectivity index (χ4v) is 2.43. The summed E-state index contributed by atoms with van der Waals surface area (Å²) in [7, 11) is 0. The van der Waals surface area contributed by atoms with Crippen molar-refractivity contribution in [3.05, 3.63) is 90.4 Å². The summed E-state index contributed by atoms with van der Waals surface area (Å²) in [6.45, 7) is 38.1. The molecule has 0 unspecified atom stereocenters. The van der Waals surface area contributed by atoms with Gasteiger partial charge in [0.25, 0.3) is 0 Å². The molecule has 0 saturated carbocycles. The van der Waals surface area contributed by atoms with Crippen LogP contribution in [0.1, 0.15) is 91.8 Å². The van der Waals surface area contributed by atoms with Gasteiger partial charge in [-0.3, -0.25) is 9.98 Å². The lowest BCUT2D eigenvalue weighted by atomic mass is 9.97. The van der Waals surface area contributed by atoms with E-state index in [1.165, 1.54) is 22.3 Å². The molecule has 0 bridgehead atoms. The van der Waals surface area contributed by atoms with Crippen LogP contribution in [0, 0.1) is 0 Å². The van der Waals surface area contributed by atoms with Crippen LogP contribution < -0.4 is 5.32 Å². The van der Waals surface area contributed by atoms with E-state index in [-0.39, 0.29) is 0 Å². The van der Waals surface area contributed by atoms with Crippen molar-refractivity contribution in [3.63, 3.8) is 0 Å². The van der Waals surface area contributed by atoms with Gasteiger partial charge in [-0.15, -0.1) is 6.58 Å². The van der Waals surface area contributed by atoms with E-state index >= 15 is 0 Å². The number of nitrogens with zero attached hydrogens (tertiary/aromatic N) is 2. The predicted octanol–water partition coefficient (Wildman–Crippen LogP) is 9.49. The van der Waals surface area contributed by atoms with Gasteiger partial charge in [0.1, 0.15) is 0 Å². The lowest BCUT2D eigenvalue weighted by molar-refractivity contribution is 0.832. The topological polar surface area (TPSA) is 36.8 Å². The van der Waals surface area contributed by atoms with Crippen LogP contribution in [0.5, 0.6) is 0 Å². The Labute approximate surface area is 211 Å². The second kappa shape index (κ2) is 23.2.